The largest absolute Gasteiger partial charge is 0.311 e. The van der Waals surface area contributed by atoms with Gasteiger partial charge in [0, 0.05) is 39.0 Å². The normalized spacial score (nSPS) is 15.1. The van der Waals surface area contributed by atoms with Gasteiger partial charge in [0.1, 0.15) is 0 Å². The molecule has 3 heterocycles. The molecule has 0 amide bonds. The molecule has 3 aliphatic heterocycles. The first kappa shape index (κ1) is 41.8. The van der Waals surface area contributed by atoms with Crippen LogP contribution >= 0.6 is 12.6 Å². The maximum absolute atomic E-state index is 5.29. The second-order valence-electron chi connectivity index (χ2n) is 22.5. The summed E-state index contributed by atoms with van der Waals surface area (Å²) in [4.78, 5) is 6.16. The number of hydrogen-bond acceptors (Lipinski definition) is 3. The molecule has 7 aromatic rings. The number of nitrogens with zero attached hydrogens (tertiary/aromatic N) is 2. The van der Waals surface area contributed by atoms with Crippen LogP contribution in [0.15, 0.2) is 150 Å². The highest BCUT2D eigenvalue weighted by Gasteiger charge is 2.57. The summed E-state index contributed by atoms with van der Waals surface area (Å²) >= 11 is 5.29. The summed E-state index contributed by atoms with van der Waals surface area (Å²) in [6.45, 7) is 28.1. The lowest BCUT2D eigenvalue weighted by Crippen LogP contribution is -2.88. The van der Waals surface area contributed by atoms with Crippen molar-refractivity contribution in [1.82, 2.24) is 0 Å². The molecule has 0 fully saturated rings. The topological polar surface area (TPSA) is 6.48 Å². The lowest BCUT2D eigenvalue weighted by atomic mass is 9.33. The van der Waals surface area contributed by atoms with E-state index >= 15 is 0 Å². The predicted octanol–water partition coefficient (Wildman–Crippen LogP) is 10.9. The zero-order valence-electron chi connectivity index (χ0n) is 39.3. The van der Waals surface area contributed by atoms with E-state index in [4.69, 9.17) is 12.6 Å². The van der Waals surface area contributed by atoms with Crippen LogP contribution in [0.4, 0.5) is 34.1 Å². The molecule has 0 N–H and O–H groups in total. The van der Waals surface area contributed by atoms with Gasteiger partial charge in [0.25, 0.3) is 6.71 Å². The minimum atomic E-state index is -3.08. The molecular formula is C58H61BN2SSi. The van der Waals surface area contributed by atoms with Gasteiger partial charge in [-0.2, -0.15) is 0 Å². The highest BCUT2D eigenvalue weighted by atomic mass is 32.1. The zero-order valence-corrected chi connectivity index (χ0v) is 41.2. The van der Waals surface area contributed by atoms with E-state index in [9.17, 15) is 0 Å². The van der Waals surface area contributed by atoms with E-state index < -0.39 is 8.07 Å². The number of hydrogen-bond donors (Lipinski definition) is 1. The molecule has 0 radical (unpaired) electrons. The minimum absolute atomic E-state index is 0.0187. The van der Waals surface area contributed by atoms with E-state index in [0.29, 0.717) is 0 Å². The van der Waals surface area contributed by atoms with Crippen LogP contribution < -0.4 is 46.9 Å². The summed E-state index contributed by atoms with van der Waals surface area (Å²) in [5.41, 5.74) is 16.8. The van der Waals surface area contributed by atoms with Crippen LogP contribution in [0.2, 0.25) is 0 Å². The van der Waals surface area contributed by atoms with Crippen molar-refractivity contribution >= 4 is 98.7 Å². The van der Waals surface area contributed by atoms with Gasteiger partial charge in [-0.15, -0.1) is 12.6 Å². The van der Waals surface area contributed by atoms with E-state index in [1.54, 1.807) is 0 Å². The zero-order chi connectivity index (χ0) is 44.6. The summed E-state index contributed by atoms with van der Waals surface area (Å²) in [6, 6.07) is 57.1. The fourth-order valence-corrected chi connectivity index (χ4v) is 16.4. The molecule has 316 valence electrons. The maximum atomic E-state index is 5.29. The van der Waals surface area contributed by atoms with Gasteiger partial charge < -0.3 is 9.80 Å². The molecule has 0 atom stereocenters. The molecule has 0 saturated carbocycles. The van der Waals surface area contributed by atoms with Gasteiger partial charge in [-0.1, -0.05) is 180 Å². The second kappa shape index (κ2) is 14.1. The SMILES string of the molecule is CC(C)(C)c1ccc(N2c3cc(S)cc4c3B3c5c2cc(C(C)(C)C)cc5[Si](c2ccccc2)(c2ccccc2)c2cc(C(C)(C)C)cc(c23)N4c2ccc(C(C)(C)C)cc2)cc1. The number of anilines is 6. The average molecular weight is 857 g/mol. The molecule has 0 bridgehead atoms. The highest BCUT2D eigenvalue weighted by Crippen LogP contribution is 2.47. The van der Waals surface area contributed by atoms with Gasteiger partial charge in [0.15, 0.2) is 8.07 Å². The highest BCUT2D eigenvalue weighted by molar-refractivity contribution is 7.80. The maximum Gasteiger partial charge on any atom is 0.251 e. The van der Waals surface area contributed by atoms with Crippen LogP contribution in [-0.2, 0) is 21.7 Å². The van der Waals surface area contributed by atoms with Crippen LogP contribution in [0.3, 0.4) is 0 Å². The first-order valence-corrected chi connectivity index (χ1v) is 25.3. The molecule has 7 aromatic carbocycles. The Bertz CT molecular complexity index is 2730. The molecule has 63 heavy (non-hydrogen) atoms. The monoisotopic (exact) mass is 856 g/mol. The average Bonchev–Trinajstić information content (AvgIpc) is 3.23. The molecule has 0 aromatic heterocycles. The van der Waals surface area contributed by atoms with E-state index in [2.05, 4.69) is 238 Å². The van der Waals surface area contributed by atoms with Crippen LogP contribution in [-0.4, -0.2) is 14.8 Å². The smallest absolute Gasteiger partial charge is 0.251 e. The molecule has 0 saturated heterocycles. The van der Waals surface area contributed by atoms with Crippen molar-refractivity contribution < 1.29 is 0 Å². The van der Waals surface area contributed by atoms with Crippen molar-refractivity contribution in [2.45, 2.75) is 110 Å². The van der Waals surface area contributed by atoms with Gasteiger partial charge in [0.05, 0.1) is 0 Å². The van der Waals surface area contributed by atoms with Crippen molar-refractivity contribution in [3.8, 4) is 0 Å². The Balaban J connectivity index is 1.44. The molecule has 0 spiro atoms. The molecule has 2 nitrogen and oxygen atoms in total. The second-order valence-corrected chi connectivity index (χ2v) is 26.7. The van der Waals surface area contributed by atoms with Gasteiger partial charge in [-0.25, -0.2) is 0 Å². The van der Waals surface area contributed by atoms with Crippen LogP contribution in [0.1, 0.15) is 105 Å². The van der Waals surface area contributed by atoms with E-state index in [-0.39, 0.29) is 28.4 Å². The fourth-order valence-electron chi connectivity index (χ4n) is 10.8. The molecule has 0 aliphatic carbocycles. The predicted molar refractivity (Wildman–Crippen MR) is 280 cm³/mol. The summed E-state index contributed by atoms with van der Waals surface area (Å²) < 4.78 is 0. The Morgan fingerprint density at radius 1 is 0.381 bits per heavy atom. The van der Waals surface area contributed by atoms with Crippen molar-refractivity contribution in [3.63, 3.8) is 0 Å². The van der Waals surface area contributed by atoms with Crippen LogP contribution in [0.25, 0.3) is 0 Å². The standard InChI is InChI=1S/C58H61BN2SSi/c1-55(2,3)37-23-27-41(28-24-37)60-46-31-39(57(7,8)9)33-50-53(46)59-52-48(60)35-43(62)36-49(52)61(42-29-25-38(26-30-42)56(4,5)6)47-32-40(58(10,11)12)34-51(54(47)59)63(50,44-19-15-13-16-20-44)45-21-17-14-18-22-45/h13-36,62H,1-12H3. The summed E-state index contributed by atoms with van der Waals surface area (Å²) in [7, 11) is -3.08. The summed E-state index contributed by atoms with van der Waals surface area (Å²) in [5.74, 6) is 0. The first-order valence-electron chi connectivity index (χ1n) is 22.9. The van der Waals surface area contributed by atoms with Gasteiger partial charge >= 0.3 is 0 Å². The van der Waals surface area contributed by atoms with Crippen molar-refractivity contribution in [2.75, 3.05) is 9.80 Å². The van der Waals surface area contributed by atoms with Crippen molar-refractivity contribution in [2.24, 2.45) is 0 Å². The number of thiol groups is 1. The Morgan fingerprint density at radius 2 is 0.714 bits per heavy atom. The Hall–Kier alpha value is -5.23. The van der Waals surface area contributed by atoms with Crippen molar-refractivity contribution in [3.05, 3.63) is 168 Å². The molecular weight excluding hydrogens is 796 g/mol. The Labute approximate surface area is 383 Å². The summed E-state index contributed by atoms with van der Waals surface area (Å²) in [5, 5.41) is 5.84. The third kappa shape index (κ3) is 6.43. The number of benzene rings is 7. The summed E-state index contributed by atoms with van der Waals surface area (Å²) in [6.07, 6.45) is 0. The molecule has 5 heteroatoms. The Morgan fingerprint density at radius 3 is 1.05 bits per heavy atom. The van der Waals surface area contributed by atoms with Gasteiger partial charge in [-0.3, -0.25) is 0 Å². The van der Waals surface area contributed by atoms with E-state index in [0.717, 1.165) is 4.90 Å². The van der Waals surface area contributed by atoms with Crippen LogP contribution in [0, 0.1) is 0 Å². The third-order valence-corrected chi connectivity index (χ3v) is 19.3. The quantitative estimate of drug-likeness (QED) is 0.139. The lowest BCUT2D eigenvalue weighted by Gasteiger charge is -2.52. The molecule has 3 aliphatic rings. The lowest BCUT2D eigenvalue weighted by molar-refractivity contribution is 0.590. The fraction of sp³-hybridized carbons (Fsp3) is 0.276. The first-order chi connectivity index (χ1) is 29.7. The van der Waals surface area contributed by atoms with Crippen LogP contribution in [0.5, 0.6) is 0 Å². The van der Waals surface area contributed by atoms with E-state index in [1.165, 1.54) is 93.5 Å². The third-order valence-electron chi connectivity index (χ3n) is 14.2. The minimum Gasteiger partial charge on any atom is -0.311 e. The van der Waals surface area contributed by atoms with Crippen molar-refractivity contribution in [1.29, 1.82) is 0 Å². The molecule has 0 unspecified atom stereocenters. The van der Waals surface area contributed by atoms with Gasteiger partial charge in [-0.05, 0) is 130 Å². The number of rotatable bonds is 4. The van der Waals surface area contributed by atoms with E-state index in [1.807, 2.05) is 0 Å². The Kier molecular flexibility index (Phi) is 9.37. The molecule has 10 rings (SSSR count). The van der Waals surface area contributed by atoms with Gasteiger partial charge in [0.2, 0.25) is 0 Å².